The van der Waals surface area contributed by atoms with E-state index in [1.807, 2.05) is 45.0 Å². The quantitative estimate of drug-likeness (QED) is 0.564. The van der Waals surface area contributed by atoms with Crippen molar-refractivity contribution in [3.8, 4) is 0 Å². The zero-order valence-corrected chi connectivity index (χ0v) is 19.9. The molecule has 1 aromatic heterocycles. The van der Waals surface area contributed by atoms with Gasteiger partial charge in [-0.25, -0.2) is 8.42 Å². The highest BCUT2D eigenvalue weighted by atomic mass is 32.2. The lowest BCUT2D eigenvalue weighted by Crippen LogP contribution is -2.35. The summed E-state index contributed by atoms with van der Waals surface area (Å²) in [5, 5.41) is 0.664. The van der Waals surface area contributed by atoms with Crippen molar-refractivity contribution < 1.29 is 17.6 Å². The molecule has 2 aromatic carbocycles. The Hall–Kier alpha value is -2.80. The molecular weight excluding hydrogens is 424 g/mol. The molecule has 3 aromatic rings. The average molecular weight is 455 g/mol. The van der Waals surface area contributed by atoms with E-state index in [-0.39, 0.29) is 22.1 Å². The summed E-state index contributed by atoms with van der Waals surface area (Å²) in [5.41, 5.74) is 3.84. The van der Waals surface area contributed by atoms with Gasteiger partial charge in [0, 0.05) is 24.0 Å². The number of sulfonamides is 1. The molecule has 1 amide bonds. The number of rotatable bonds is 5. The van der Waals surface area contributed by atoms with Gasteiger partial charge in [0.2, 0.25) is 0 Å². The van der Waals surface area contributed by atoms with Crippen LogP contribution in [0.2, 0.25) is 0 Å². The van der Waals surface area contributed by atoms with Gasteiger partial charge >= 0.3 is 0 Å². The van der Waals surface area contributed by atoms with E-state index < -0.39 is 10.0 Å². The number of nitrogens with one attached hydrogen (secondary N) is 1. The van der Waals surface area contributed by atoms with Crippen molar-refractivity contribution in [1.29, 1.82) is 0 Å². The molecule has 0 bridgehead atoms. The molecule has 170 valence electrons. The number of hydrogen-bond acceptors (Lipinski definition) is 4. The van der Waals surface area contributed by atoms with E-state index in [0.29, 0.717) is 41.7 Å². The number of likely N-dealkylation sites (tertiary alicyclic amines) is 1. The van der Waals surface area contributed by atoms with Gasteiger partial charge in [-0.15, -0.1) is 0 Å². The van der Waals surface area contributed by atoms with E-state index in [1.54, 1.807) is 17.9 Å². The molecule has 0 spiro atoms. The summed E-state index contributed by atoms with van der Waals surface area (Å²) in [6.45, 7) is 8.87. The van der Waals surface area contributed by atoms with Crippen molar-refractivity contribution in [3.05, 3.63) is 58.3 Å². The Morgan fingerprint density at radius 1 is 1.06 bits per heavy atom. The first-order valence-corrected chi connectivity index (χ1v) is 12.7. The van der Waals surface area contributed by atoms with Gasteiger partial charge in [0.1, 0.15) is 4.90 Å². The lowest BCUT2D eigenvalue weighted by Gasteiger charge is -2.25. The van der Waals surface area contributed by atoms with Crippen molar-refractivity contribution >= 4 is 32.6 Å². The van der Waals surface area contributed by atoms with E-state index in [0.717, 1.165) is 30.4 Å². The number of furan rings is 1. The molecule has 32 heavy (non-hydrogen) atoms. The number of carbonyl (C=O) groups excluding carboxylic acids is 1. The van der Waals surface area contributed by atoms with Crippen molar-refractivity contribution in [2.75, 3.05) is 17.8 Å². The molecule has 1 saturated heterocycles. The Labute approximate surface area is 189 Å². The molecule has 0 aliphatic carbocycles. The fourth-order valence-electron chi connectivity index (χ4n) is 4.43. The molecule has 4 rings (SSSR count). The van der Waals surface area contributed by atoms with Crippen molar-refractivity contribution in [2.45, 2.75) is 58.3 Å². The summed E-state index contributed by atoms with van der Waals surface area (Å²) in [5.74, 6) is 0.0682. The normalized spacial score (nSPS) is 14.7. The summed E-state index contributed by atoms with van der Waals surface area (Å²) in [6.07, 6.45) is 3.77. The van der Waals surface area contributed by atoms with Gasteiger partial charge in [-0.05, 0) is 75.3 Å². The third-order valence-electron chi connectivity index (χ3n) is 6.44. The highest BCUT2D eigenvalue weighted by molar-refractivity contribution is 7.93. The van der Waals surface area contributed by atoms with Crippen LogP contribution in [-0.2, 0) is 16.4 Å². The largest absolute Gasteiger partial charge is 0.449 e. The van der Waals surface area contributed by atoms with Crippen LogP contribution in [0.15, 0.2) is 39.6 Å². The Morgan fingerprint density at radius 3 is 2.44 bits per heavy atom. The molecule has 0 unspecified atom stereocenters. The molecule has 1 fully saturated rings. The SMILES string of the molecule is CCc1ccccc1NS(=O)(=O)c1c(C)c(C)cc2c(C)c(C(=O)N3CCCCC3)oc12. The zero-order valence-electron chi connectivity index (χ0n) is 19.1. The fraction of sp³-hybridized carbons (Fsp3) is 0.400. The Balaban J connectivity index is 1.85. The molecule has 0 radical (unpaired) electrons. The molecule has 0 atom stereocenters. The minimum Gasteiger partial charge on any atom is -0.449 e. The number of nitrogens with zero attached hydrogens (tertiary/aromatic N) is 1. The van der Waals surface area contributed by atoms with Crippen LogP contribution in [0.25, 0.3) is 11.0 Å². The highest BCUT2D eigenvalue weighted by Gasteiger charge is 2.30. The van der Waals surface area contributed by atoms with Crippen LogP contribution in [0.4, 0.5) is 5.69 Å². The number of carbonyl (C=O) groups is 1. The second-order valence-electron chi connectivity index (χ2n) is 8.55. The maximum absolute atomic E-state index is 13.6. The number of amides is 1. The summed E-state index contributed by atoms with van der Waals surface area (Å²) < 4.78 is 36.0. The number of benzene rings is 2. The number of hydrogen-bond donors (Lipinski definition) is 1. The van der Waals surface area contributed by atoms with Gasteiger partial charge in [-0.3, -0.25) is 9.52 Å². The highest BCUT2D eigenvalue weighted by Crippen LogP contribution is 2.36. The molecule has 7 heteroatoms. The van der Waals surface area contributed by atoms with Crippen LogP contribution in [0.1, 0.15) is 59.0 Å². The molecule has 1 aliphatic heterocycles. The predicted octanol–water partition coefficient (Wildman–Crippen LogP) is 5.35. The van der Waals surface area contributed by atoms with Crippen LogP contribution in [0.3, 0.4) is 0 Å². The lowest BCUT2D eigenvalue weighted by atomic mass is 10.0. The van der Waals surface area contributed by atoms with Crippen molar-refractivity contribution in [2.24, 2.45) is 0 Å². The first-order chi connectivity index (χ1) is 15.2. The minimum absolute atomic E-state index is 0.0965. The summed E-state index contributed by atoms with van der Waals surface area (Å²) in [6, 6.07) is 9.28. The lowest BCUT2D eigenvalue weighted by molar-refractivity contribution is 0.0693. The van der Waals surface area contributed by atoms with Gasteiger partial charge in [0.05, 0.1) is 5.69 Å². The zero-order chi connectivity index (χ0) is 23.0. The van der Waals surface area contributed by atoms with Crippen LogP contribution in [-0.4, -0.2) is 32.3 Å². The molecule has 2 heterocycles. The minimum atomic E-state index is -3.95. The van der Waals surface area contributed by atoms with E-state index in [4.69, 9.17) is 4.42 Å². The Bertz CT molecular complexity index is 1290. The number of aryl methyl sites for hydroxylation is 3. The number of fused-ring (bicyclic) bond motifs is 1. The van der Waals surface area contributed by atoms with Crippen molar-refractivity contribution in [3.63, 3.8) is 0 Å². The van der Waals surface area contributed by atoms with Gasteiger partial charge in [-0.2, -0.15) is 0 Å². The molecule has 6 nitrogen and oxygen atoms in total. The molecular formula is C25H30N2O4S. The van der Waals surface area contributed by atoms with Gasteiger partial charge in [-0.1, -0.05) is 25.1 Å². The Kier molecular flexibility index (Phi) is 6.03. The summed E-state index contributed by atoms with van der Waals surface area (Å²) >= 11 is 0. The van der Waals surface area contributed by atoms with Gasteiger partial charge < -0.3 is 9.32 Å². The van der Waals surface area contributed by atoms with E-state index >= 15 is 0 Å². The topological polar surface area (TPSA) is 79.6 Å². The summed E-state index contributed by atoms with van der Waals surface area (Å²) in [4.78, 5) is 15.1. The smallest absolute Gasteiger partial charge is 0.289 e. The van der Waals surface area contributed by atoms with Gasteiger partial charge in [0.25, 0.3) is 15.9 Å². The maximum atomic E-state index is 13.6. The first kappa shape index (κ1) is 22.4. The molecule has 1 N–H and O–H groups in total. The van der Waals surface area contributed by atoms with E-state index in [2.05, 4.69) is 4.72 Å². The van der Waals surface area contributed by atoms with E-state index in [9.17, 15) is 13.2 Å². The number of piperidine rings is 1. The van der Waals surface area contributed by atoms with E-state index in [1.165, 1.54) is 0 Å². The number of anilines is 1. The molecule has 1 aliphatic rings. The Morgan fingerprint density at radius 2 is 1.75 bits per heavy atom. The van der Waals surface area contributed by atoms with Crippen molar-refractivity contribution in [1.82, 2.24) is 4.90 Å². The van der Waals surface area contributed by atoms with Crippen LogP contribution < -0.4 is 4.72 Å². The predicted molar refractivity (Wildman–Crippen MR) is 127 cm³/mol. The molecule has 0 saturated carbocycles. The first-order valence-electron chi connectivity index (χ1n) is 11.2. The maximum Gasteiger partial charge on any atom is 0.289 e. The second kappa shape index (κ2) is 8.62. The van der Waals surface area contributed by atoms with Gasteiger partial charge in [0.15, 0.2) is 11.3 Å². The van der Waals surface area contributed by atoms with Crippen LogP contribution in [0.5, 0.6) is 0 Å². The van der Waals surface area contributed by atoms with Crippen LogP contribution in [0, 0.1) is 20.8 Å². The van der Waals surface area contributed by atoms with Crippen LogP contribution >= 0.6 is 0 Å². The average Bonchev–Trinajstić information content (AvgIpc) is 3.10. The second-order valence-corrected chi connectivity index (χ2v) is 10.2. The standard InChI is InChI=1S/C25H30N2O4S/c1-5-19-11-7-8-12-21(19)26-32(29,30)24-17(3)16(2)15-20-18(4)22(31-23(20)24)25(28)27-13-9-6-10-14-27/h7-8,11-12,15,26H,5-6,9-10,13-14H2,1-4H3. The third kappa shape index (κ3) is 3.90. The summed E-state index contributed by atoms with van der Waals surface area (Å²) in [7, 11) is -3.95. The monoisotopic (exact) mass is 454 g/mol. The third-order valence-corrected chi connectivity index (χ3v) is 7.96. The number of para-hydroxylation sites is 1. The fourth-order valence-corrected chi connectivity index (χ4v) is 5.99.